The fourth-order valence-corrected chi connectivity index (χ4v) is 4.85. The number of carbonyl (C=O) groups excluding carboxylic acids is 1. The Bertz CT molecular complexity index is 762. The topological polar surface area (TPSA) is 87.7 Å². The smallest absolute Gasteiger partial charge is 0.410 e. The molecule has 8 heteroatoms. The Morgan fingerprint density at radius 3 is 2.48 bits per heavy atom. The Morgan fingerprint density at radius 1 is 1.20 bits per heavy atom. The van der Waals surface area contributed by atoms with Gasteiger partial charge in [-0.25, -0.2) is 17.9 Å². The second-order valence-corrected chi connectivity index (χ2v) is 9.35. The molecule has 1 fully saturated rings. The highest BCUT2D eigenvalue weighted by Gasteiger charge is 2.42. The number of hydrogen-bond donors (Lipinski definition) is 2. The van der Waals surface area contributed by atoms with Gasteiger partial charge in [-0.1, -0.05) is 12.1 Å². The number of carbonyl (C=O) groups is 1. The molecule has 1 aromatic rings. The number of nitrogens with zero attached hydrogens (tertiary/aromatic N) is 1. The zero-order valence-electron chi connectivity index (χ0n) is 14.8. The van der Waals surface area contributed by atoms with Gasteiger partial charge in [-0.3, -0.25) is 0 Å². The minimum atomic E-state index is -3.60. The largest absolute Gasteiger partial charge is 0.444 e. The van der Waals surface area contributed by atoms with Crippen LogP contribution in [0.5, 0.6) is 0 Å². The molecule has 2 aliphatic rings. The van der Waals surface area contributed by atoms with E-state index in [0.717, 1.165) is 0 Å². The molecule has 3 rings (SSSR count). The van der Waals surface area contributed by atoms with Gasteiger partial charge >= 0.3 is 6.09 Å². The molecule has 1 spiro atoms. The van der Waals surface area contributed by atoms with Gasteiger partial charge in [0.25, 0.3) is 0 Å². The number of likely N-dealkylation sites (tertiary alicyclic amines) is 1. The van der Waals surface area contributed by atoms with Crippen molar-refractivity contribution in [1.82, 2.24) is 9.62 Å². The van der Waals surface area contributed by atoms with Gasteiger partial charge in [-0.15, -0.1) is 0 Å². The third kappa shape index (κ3) is 3.90. The van der Waals surface area contributed by atoms with Gasteiger partial charge in [-0.2, -0.15) is 0 Å². The summed E-state index contributed by atoms with van der Waals surface area (Å²) in [5.41, 5.74) is -0.531. The van der Waals surface area contributed by atoms with Crippen LogP contribution in [0.4, 0.5) is 10.5 Å². The third-order valence-corrected chi connectivity index (χ3v) is 6.15. The van der Waals surface area contributed by atoms with E-state index in [1.54, 1.807) is 23.1 Å². The Morgan fingerprint density at radius 2 is 1.84 bits per heavy atom. The Labute approximate surface area is 148 Å². The molecule has 1 amide bonds. The Balaban J connectivity index is 1.73. The van der Waals surface area contributed by atoms with E-state index in [0.29, 0.717) is 38.2 Å². The molecule has 0 bridgehead atoms. The fraction of sp³-hybridized carbons (Fsp3) is 0.588. The summed E-state index contributed by atoms with van der Waals surface area (Å²) in [7, 11) is -3.60. The Hall–Kier alpha value is -1.80. The highest BCUT2D eigenvalue weighted by Crippen LogP contribution is 2.32. The van der Waals surface area contributed by atoms with Crippen LogP contribution in [0.1, 0.15) is 33.6 Å². The first kappa shape index (κ1) is 18.0. The maximum Gasteiger partial charge on any atom is 0.410 e. The first-order valence-corrected chi connectivity index (χ1v) is 9.93. The standard InChI is InChI=1S/C17H25N3O4S/c1-16(2,3)24-15(21)20-10-8-17(9-11-20)12-18-13-6-4-5-7-14(13)25(22,23)19-17/h4-7,18-19H,8-12H2,1-3H3. The number of amides is 1. The predicted octanol–water partition coefficient (Wildman–Crippen LogP) is 2.16. The molecule has 0 atom stereocenters. The Kier molecular flexibility index (Phi) is 4.45. The summed E-state index contributed by atoms with van der Waals surface area (Å²) in [6, 6.07) is 6.89. The van der Waals surface area contributed by atoms with Crippen molar-refractivity contribution >= 4 is 21.8 Å². The summed E-state index contributed by atoms with van der Waals surface area (Å²) in [5.74, 6) is 0. The summed E-state index contributed by atoms with van der Waals surface area (Å²) in [5, 5.41) is 3.25. The molecule has 2 N–H and O–H groups in total. The van der Waals surface area contributed by atoms with Crippen LogP contribution in [-0.2, 0) is 14.8 Å². The minimum absolute atomic E-state index is 0.265. The summed E-state index contributed by atoms with van der Waals surface area (Å²) in [4.78, 5) is 14.1. The van der Waals surface area contributed by atoms with Crippen molar-refractivity contribution < 1.29 is 17.9 Å². The van der Waals surface area contributed by atoms with Gasteiger partial charge in [0.2, 0.25) is 10.0 Å². The van der Waals surface area contributed by atoms with Gasteiger partial charge in [0.15, 0.2) is 0 Å². The van der Waals surface area contributed by atoms with E-state index >= 15 is 0 Å². The third-order valence-electron chi connectivity index (χ3n) is 4.52. The maximum atomic E-state index is 12.7. The number of benzene rings is 1. The molecular weight excluding hydrogens is 342 g/mol. The molecule has 25 heavy (non-hydrogen) atoms. The van der Waals surface area contributed by atoms with Crippen molar-refractivity contribution in [3.8, 4) is 0 Å². The average Bonchev–Trinajstić information content (AvgIpc) is 2.62. The second-order valence-electron chi connectivity index (χ2n) is 7.70. The second kappa shape index (κ2) is 6.17. The molecule has 0 aromatic heterocycles. The highest BCUT2D eigenvalue weighted by molar-refractivity contribution is 7.89. The molecule has 0 unspecified atom stereocenters. The summed E-state index contributed by atoms with van der Waals surface area (Å²) < 4.78 is 33.7. The van der Waals surface area contributed by atoms with Crippen molar-refractivity contribution in [2.75, 3.05) is 25.0 Å². The van der Waals surface area contributed by atoms with Crippen molar-refractivity contribution in [2.45, 2.75) is 49.6 Å². The summed E-state index contributed by atoms with van der Waals surface area (Å²) >= 11 is 0. The van der Waals surface area contributed by atoms with Crippen molar-refractivity contribution in [3.63, 3.8) is 0 Å². The number of rotatable bonds is 0. The van der Waals surface area contributed by atoms with E-state index in [1.165, 1.54) is 0 Å². The zero-order valence-corrected chi connectivity index (χ0v) is 15.6. The first-order chi connectivity index (χ1) is 11.6. The van der Waals surface area contributed by atoms with Gasteiger partial charge < -0.3 is 15.0 Å². The summed E-state index contributed by atoms with van der Waals surface area (Å²) in [6.45, 7) is 6.89. The summed E-state index contributed by atoms with van der Waals surface area (Å²) in [6.07, 6.45) is 0.717. The number of hydrogen-bond acceptors (Lipinski definition) is 5. The SMILES string of the molecule is CC(C)(C)OC(=O)N1CCC2(CC1)CNc1ccccc1S(=O)(=O)N2. The van der Waals surface area contributed by atoms with Crippen LogP contribution in [0.2, 0.25) is 0 Å². The van der Waals surface area contributed by atoms with Crippen LogP contribution in [0.15, 0.2) is 29.2 Å². The maximum absolute atomic E-state index is 12.7. The van der Waals surface area contributed by atoms with E-state index in [1.807, 2.05) is 26.8 Å². The molecular formula is C17H25N3O4S. The van der Waals surface area contributed by atoms with Crippen molar-refractivity contribution in [3.05, 3.63) is 24.3 Å². The normalized spacial score (nSPS) is 21.8. The molecule has 138 valence electrons. The number of anilines is 1. The molecule has 1 aromatic carbocycles. The van der Waals surface area contributed by atoms with E-state index in [4.69, 9.17) is 4.74 Å². The van der Waals surface area contributed by atoms with Crippen molar-refractivity contribution in [2.24, 2.45) is 0 Å². The lowest BCUT2D eigenvalue weighted by Gasteiger charge is -2.41. The lowest BCUT2D eigenvalue weighted by Crippen LogP contribution is -2.58. The fourth-order valence-electron chi connectivity index (χ4n) is 3.21. The zero-order chi connectivity index (χ0) is 18.3. The van der Waals surface area contributed by atoms with Crippen molar-refractivity contribution in [1.29, 1.82) is 0 Å². The molecule has 0 radical (unpaired) electrons. The first-order valence-electron chi connectivity index (χ1n) is 8.45. The number of ether oxygens (including phenoxy) is 1. The molecule has 0 aliphatic carbocycles. The highest BCUT2D eigenvalue weighted by atomic mass is 32.2. The number of nitrogens with one attached hydrogen (secondary N) is 2. The van der Waals surface area contributed by atoms with E-state index in [9.17, 15) is 13.2 Å². The van der Waals surface area contributed by atoms with Gasteiger partial charge in [-0.05, 0) is 45.7 Å². The molecule has 2 aliphatic heterocycles. The van der Waals surface area contributed by atoms with Crippen LogP contribution in [0.25, 0.3) is 0 Å². The quantitative estimate of drug-likeness (QED) is 0.734. The molecule has 0 saturated carbocycles. The lowest BCUT2D eigenvalue weighted by atomic mass is 9.88. The van der Waals surface area contributed by atoms with E-state index in [-0.39, 0.29) is 11.0 Å². The monoisotopic (exact) mass is 367 g/mol. The van der Waals surface area contributed by atoms with Crippen LogP contribution in [0, 0.1) is 0 Å². The average molecular weight is 367 g/mol. The van der Waals surface area contributed by atoms with E-state index in [2.05, 4.69) is 10.0 Å². The predicted molar refractivity (Wildman–Crippen MR) is 95.0 cm³/mol. The van der Waals surface area contributed by atoms with Crippen LogP contribution >= 0.6 is 0 Å². The lowest BCUT2D eigenvalue weighted by molar-refractivity contribution is 0.0167. The minimum Gasteiger partial charge on any atom is -0.444 e. The van der Waals surface area contributed by atoms with E-state index < -0.39 is 21.2 Å². The molecule has 7 nitrogen and oxygen atoms in total. The number of fused-ring (bicyclic) bond motifs is 1. The van der Waals surface area contributed by atoms with Gasteiger partial charge in [0.1, 0.15) is 10.5 Å². The van der Waals surface area contributed by atoms with Crippen LogP contribution in [0.3, 0.4) is 0 Å². The number of sulfonamides is 1. The molecule has 1 saturated heterocycles. The number of para-hydroxylation sites is 1. The van der Waals surface area contributed by atoms with Crippen LogP contribution < -0.4 is 10.0 Å². The molecule has 2 heterocycles. The van der Waals surface area contributed by atoms with Crippen LogP contribution in [-0.4, -0.2) is 50.2 Å². The number of piperidine rings is 1. The van der Waals surface area contributed by atoms with Gasteiger partial charge in [0.05, 0.1) is 11.2 Å². The van der Waals surface area contributed by atoms with Gasteiger partial charge in [0, 0.05) is 19.6 Å².